The van der Waals surface area contributed by atoms with Crippen LogP contribution in [0.1, 0.15) is 0 Å². The second-order valence-corrected chi connectivity index (χ2v) is 14.1. The molecule has 3 nitrogen and oxygen atoms in total. The van der Waals surface area contributed by atoms with Gasteiger partial charge in [0.1, 0.15) is 0 Å². The van der Waals surface area contributed by atoms with Crippen LogP contribution in [-0.2, 0) is 0 Å². The zero-order valence-corrected chi connectivity index (χ0v) is 29.1. The van der Waals surface area contributed by atoms with Crippen LogP contribution >= 0.6 is 11.8 Å². The maximum Gasteiger partial charge on any atom is 0.0602 e. The largest absolute Gasteiger partial charge is 0.311 e. The van der Waals surface area contributed by atoms with Crippen molar-refractivity contribution in [3.05, 3.63) is 200 Å². The van der Waals surface area contributed by atoms with Crippen LogP contribution in [0.25, 0.3) is 38.6 Å². The van der Waals surface area contributed by atoms with Gasteiger partial charge in [0.15, 0.2) is 0 Å². The van der Waals surface area contributed by atoms with E-state index >= 15 is 0 Å². The van der Waals surface area contributed by atoms with E-state index in [1.165, 1.54) is 54.1 Å². The van der Waals surface area contributed by atoms with Gasteiger partial charge in [-0.15, -0.1) is 0 Å². The first-order valence-corrected chi connectivity index (χ1v) is 18.4. The molecule has 0 bridgehead atoms. The summed E-state index contributed by atoms with van der Waals surface area (Å²) >= 11 is 1.84. The molecule has 0 amide bonds. The highest BCUT2D eigenvalue weighted by molar-refractivity contribution is 7.99. The Labute approximate surface area is 307 Å². The molecule has 246 valence electrons. The third-order valence-electron chi connectivity index (χ3n) is 9.96. The number of anilines is 6. The Hall–Kier alpha value is -6.49. The number of aromatic nitrogens is 1. The quantitative estimate of drug-likeness (QED) is 0.173. The fourth-order valence-corrected chi connectivity index (χ4v) is 8.67. The van der Waals surface area contributed by atoms with Gasteiger partial charge in [-0.3, -0.25) is 0 Å². The van der Waals surface area contributed by atoms with E-state index in [0.717, 1.165) is 28.4 Å². The second-order valence-electron chi connectivity index (χ2n) is 13.0. The molecule has 4 heteroatoms. The molecular formula is C48H33N3S. The number of fused-ring (bicyclic) bond motifs is 5. The molecule has 0 N–H and O–H groups in total. The third kappa shape index (κ3) is 5.15. The van der Waals surface area contributed by atoms with Gasteiger partial charge in [-0.2, -0.15) is 0 Å². The van der Waals surface area contributed by atoms with Crippen LogP contribution in [0, 0.1) is 0 Å². The smallest absolute Gasteiger partial charge is 0.0602 e. The molecule has 1 aliphatic rings. The fraction of sp³-hybridized carbons (Fsp3) is 0. The number of nitrogens with zero attached hydrogens (tertiary/aromatic N) is 3. The lowest BCUT2D eigenvalue weighted by Gasteiger charge is -2.33. The molecule has 9 aromatic rings. The second kappa shape index (κ2) is 12.7. The Balaban J connectivity index is 1.00. The van der Waals surface area contributed by atoms with E-state index in [2.05, 4.69) is 215 Å². The number of hydrogen-bond donors (Lipinski definition) is 0. The highest BCUT2D eigenvalue weighted by Gasteiger charge is 2.25. The number of benzene rings is 8. The van der Waals surface area contributed by atoms with E-state index in [0.29, 0.717) is 0 Å². The topological polar surface area (TPSA) is 11.4 Å². The SMILES string of the molecule is c1ccc(N(c2ccc(-c3ccc4c(c3)Sc3ccccc3N4c3ccccc3)cc2)c2ccc(-n3c4ccccc4c4ccccc43)cc2)cc1. The molecule has 0 radical (unpaired) electrons. The van der Waals surface area contributed by atoms with Crippen molar-refractivity contribution in [2.75, 3.05) is 9.80 Å². The summed E-state index contributed by atoms with van der Waals surface area (Å²) in [6, 6.07) is 72.0. The van der Waals surface area contributed by atoms with Crippen molar-refractivity contribution in [2.45, 2.75) is 9.79 Å². The van der Waals surface area contributed by atoms with Gasteiger partial charge in [-0.05, 0) is 108 Å². The molecule has 0 spiro atoms. The normalized spacial score (nSPS) is 12.1. The predicted molar refractivity (Wildman–Crippen MR) is 220 cm³/mol. The van der Waals surface area contributed by atoms with Gasteiger partial charge in [0.25, 0.3) is 0 Å². The first-order valence-electron chi connectivity index (χ1n) is 17.6. The average molecular weight is 684 g/mol. The highest BCUT2D eigenvalue weighted by Crippen LogP contribution is 2.52. The molecular weight excluding hydrogens is 651 g/mol. The maximum absolute atomic E-state index is 2.37. The molecule has 1 aromatic heterocycles. The molecule has 1 aliphatic heterocycles. The molecule has 0 unspecified atom stereocenters. The van der Waals surface area contributed by atoms with Gasteiger partial charge < -0.3 is 14.4 Å². The molecule has 2 heterocycles. The Kier molecular flexibility index (Phi) is 7.40. The molecule has 52 heavy (non-hydrogen) atoms. The molecule has 0 fully saturated rings. The Morgan fingerprint density at radius 1 is 0.365 bits per heavy atom. The third-order valence-corrected chi connectivity index (χ3v) is 11.1. The summed E-state index contributed by atoms with van der Waals surface area (Å²) in [5, 5.41) is 2.54. The van der Waals surface area contributed by atoms with Crippen LogP contribution in [0.5, 0.6) is 0 Å². The van der Waals surface area contributed by atoms with Crippen molar-refractivity contribution in [3.8, 4) is 16.8 Å². The summed E-state index contributed by atoms with van der Waals surface area (Å²) < 4.78 is 2.37. The van der Waals surface area contributed by atoms with Crippen molar-refractivity contribution in [1.29, 1.82) is 0 Å². The summed E-state index contributed by atoms with van der Waals surface area (Å²) in [6.07, 6.45) is 0. The van der Waals surface area contributed by atoms with Crippen molar-refractivity contribution in [2.24, 2.45) is 0 Å². The maximum atomic E-state index is 2.37. The van der Waals surface area contributed by atoms with Gasteiger partial charge in [-0.1, -0.05) is 115 Å². The van der Waals surface area contributed by atoms with E-state index in [9.17, 15) is 0 Å². The first-order chi connectivity index (χ1) is 25.8. The number of para-hydroxylation sites is 5. The van der Waals surface area contributed by atoms with Crippen LogP contribution in [0.15, 0.2) is 210 Å². The minimum Gasteiger partial charge on any atom is -0.311 e. The van der Waals surface area contributed by atoms with Crippen LogP contribution < -0.4 is 9.80 Å². The number of hydrogen-bond acceptors (Lipinski definition) is 3. The Morgan fingerprint density at radius 2 is 0.885 bits per heavy atom. The standard InChI is InChI=1S/C48H33N3S/c1-3-13-36(14-4-1)49(39-28-30-40(31-29-39)50-43-19-9-7-17-41(43)42-18-8-10-20-44(42)50)38-26-23-34(24-27-38)35-25-32-46-48(33-35)52-47-22-12-11-21-45(47)51(46)37-15-5-2-6-16-37/h1-33H. The molecule has 0 saturated heterocycles. The van der Waals surface area contributed by atoms with Crippen LogP contribution in [-0.4, -0.2) is 4.57 Å². The summed E-state index contributed by atoms with van der Waals surface area (Å²) in [6.45, 7) is 0. The number of rotatable bonds is 6. The lowest BCUT2D eigenvalue weighted by atomic mass is 10.0. The van der Waals surface area contributed by atoms with Crippen LogP contribution in [0.4, 0.5) is 34.1 Å². The van der Waals surface area contributed by atoms with Crippen molar-refractivity contribution >= 4 is 67.7 Å². The molecule has 0 saturated carbocycles. The summed E-state index contributed by atoms with van der Waals surface area (Å²) in [7, 11) is 0. The lowest BCUT2D eigenvalue weighted by molar-refractivity contribution is 1.17. The van der Waals surface area contributed by atoms with E-state index in [1.54, 1.807) is 0 Å². The summed E-state index contributed by atoms with van der Waals surface area (Å²) in [4.78, 5) is 7.21. The van der Waals surface area contributed by atoms with Crippen molar-refractivity contribution < 1.29 is 0 Å². The van der Waals surface area contributed by atoms with E-state index < -0.39 is 0 Å². The summed E-state index contributed by atoms with van der Waals surface area (Å²) in [5.74, 6) is 0. The van der Waals surface area contributed by atoms with E-state index in [-0.39, 0.29) is 0 Å². The van der Waals surface area contributed by atoms with E-state index in [4.69, 9.17) is 0 Å². The zero-order valence-electron chi connectivity index (χ0n) is 28.3. The molecule has 10 rings (SSSR count). The van der Waals surface area contributed by atoms with Crippen molar-refractivity contribution in [1.82, 2.24) is 4.57 Å². The van der Waals surface area contributed by atoms with E-state index in [1.807, 2.05) is 11.8 Å². The van der Waals surface area contributed by atoms with Gasteiger partial charge in [0.05, 0.1) is 22.4 Å². The summed E-state index contributed by atoms with van der Waals surface area (Å²) in [5.41, 5.74) is 12.9. The zero-order chi connectivity index (χ0) is 34.4. The van der Waals surface area contributed by atoms with Crippen molar-refractivity contribution in [3.63, 3.8) is 0 Å². The Morgan fingerprint density at radius 3 is 1.58 bits per heavy atom. The minimum absolute atomic E-state index is 1.10. The predicted octanol–water partition coefficient (Wildman–Crippen LogP) is 13.9. The average Bonchev–Trinajstić information content (AvgIpc) is 3.55. The lowest BCUT2D eigenvalue weighted by Crippen LogP contribution is -2.14. The minimum atomic E-state index is 1.10. The molecule has 8 aromatic carbocycles. The monoisotopic (exact) mass is 683 g/mol. The van der Waals surface area contributed by atoms with Gasteiger partial charge in [-0.25, -0.2) is 0 Å². The molecule has 0 aliphatic carbocycles. The van der Waals surface area contributed by atoms with Gasteiger partial charge >= 0.3 is 0 Å². The highest BCUT2D eigenvalue weighted by atomic mass is 32.2. The van der Waals surface area contributed by atoms with Gasteiger partial charge in [0, 0.05) is 49.0 Å². The Bertz CT molecular complexity index is 2650. The first kappa shape index (κ1) is 30.3. The van der Waals surface area contributed by atoms with Gasteiger partial charge in [0.2, 0.25) is 0 Å². The van der Waals surface area contributed by atoms with Crippen LogP contribution in [0.3, 0.4) is 0 Å². The van der Waals surface area contributed by atoms with Crippen LogP contribution in [0.2, 0.25) is 0 Å². The molecule has 0 atom stereocenters. The fourth-order valence-electron chi connectivity index (χ4n) is 7.57.